The van der Waals surface area contributed by atoms with Crippen LogP contribution in [-0.4, -0.2) is 8.42 Å². The lowest BCUT2D eigenvalue weighted by Gasteiger charge is -1.86. The van der Waals surface area contributed by atoms with Crippen molar-refractivity contribution >= 4 is 49.1 Å². The Morgan fingerprint density at radius 1 is 1.64 bits per heavy atom. The maximum Gasteiger partial charge on any atom is 0.342 e. The summed E-state index contributed by atoms with van der Waals surface area (Å²) in [5, 5.41) is 0. The fourth-order valence-electron chi connectivity index (χ4n) is 0.492. The van der Waals surface area contributed by atoms with Crippen LogP contribution in [-0.2, 0) is 10.2 Å². The minimum Gasteiger partial charge on any atom is -0.188 e. The minimum absolute atomic E-state index is 0.162. The van der Waals surface area contributed by atoms with Crippen molar-refractivity contribution in [2.24, 2.45) is 0 Å². The molecule has 1 heterocycles. The van der Waals surface area contributed by atoms with Crippen LogP contribution in [0.25, 0.3) is 0 Å². The Morgan fingerprint density at radius 2 is 2.18 bits per heavy atom. The fourth-order valence-corrected chi connectivity index (χ4v) is 3.77. The first kappa shape index (κ1) is 9.44. The molecule has 0 spiro atoms. The van der Waals surface area contributed by atoms with Gasteiger partial charge in [-0.2, -0.15) is 8.42 Å². The van der Waals surface area contributed by atoms with E-state index in [2.05, 4.69) is 15.9 Å². The van der Waals surface area contributed by atoms with Gasteiger partial charge in [-0.3, -0.25) is 0 Å². The lowest BCUT2D eigenvalue weighted by atomic mass is 10.7. The van der Waals surface area contributed by atoms with E-state index in [0.29, 0.717) is 11.3 Å². The van der Waals surface area contributed by atoms with Crippen molar-refractivity contribution in [3.05, 3.63) is 14.9 Å². The van der Waals surface area contributed by atoms with Crippen LogP contribution < -0.4 is 0 Å². The third-order valence-electron chi connectivity index (χ3n) is 0.847. The molecule has 0 aliphatic carbocycles. The lowest BCUT2D eigenvalue weighted by Crippen LogP contribution is -1.86. The second-order valence-corrected chi connectivity index (χ2v) is 5.70. The van der Waals surface area contributed by atoms with Gasteiger partial charge in [0.1, 0.15) is 0 Å². The van der Waals surface area contributed by atoms with Crippen molar-refractivity contribution in [3.8, 4) is 0 Å². The average Bonchev–Trinajstić information content (AvgIpc) is 2.08. The Morgan fingerprint density at radius 3 is 2.36 bits per heavy atom. The first-order chi connectivity index (χ1) is 4.91. The molecule has 0 N–H and O–H groups in total. The molecule has 0 fully saturated rings. The van der Waals surface area contributed by atoms with Gasteiger partial charge in [0.2, 0.25) is 0 Å². The molecule has 0 aromatic carbocycles. The standard InChI is InChI=1S/C4HBrClFO2S2/c5-2-1-3(6)10-4(2)11(7,8)9/h1H. The van der Waals surface area contributed by atoms with Gasteiger partial charge in [0.25, 0.3) is 0 Å². The van der Waals surface area contributed by atoms with E-state index in [4.69, 9.17) is 11.6 Å². The van der Waals surface area contributed by atoms with Crippen LogP contribution >= 0.6 is 38.9 Å². The number of halogens is 3. The highest BCUT2D eigenvalue weighted by Crippen LogP contribution is 2.35. The maximum absolute atomic E-state index is 12.3. The topological polar surface area (TPSA) is 34.1 Å². The molecule has 1 aromatic rings. The highest BCUT2D eigenvalue weighted by atomic mass is 79.9. The lowest BCUT2D eigenvalue weighted by molar-refractivity contribution is 0.554. The predicted octanol–water partition coefficient (Wildman–Crippen LogP) is 2.82. The van der Waals surface area contributed by atoms with Crippen molar-refractivity contribution in [3.63, 3.8) is 0 Å². The van der Waals surface area contributed by atoms with Gasteiger partial charge in [0.05, 0.1) is 8.81 Å². The summed E-state index contributed by atoms with van der Waals surface area (Å²) in [5.74, 6) is 0. The molecule has 0 bridgehead atoms. The Labute approximate surface area is 80.3 Å². The van der Waals surface area contributed by atoms with E-state index < -0.39 is 10.2 Å². The van der Waals surface area contributed by atoms with Crippen LogP contribution in [0.5, 0.6) is 0 Å². The van der Waals surface area contributed by atoms with E-state index in [0.717, 1.165) is 0 Å². The largest absolute Gasteiger partial charge is 0.342 e. The van der Waals surface area contributed by atoms with Crippen molar-refractivity contribution < 1.29 is 12.3 Å². The van der Waals surface area contributed by atoms with Gasteiger partial charge >= 0.3 is 10.2 Å². The summed E-state index contributed by atoms with van der Waals surface area (Å²) >= 11 is 8.97. The number of rotatable bonds is 1. The molecule has 0 unspecified atom stereocenters. The number of hydrogen-bond acceptors (Lipinski definition) is 3. The molecule has 0 atom stereocenters. The van der Waals surface area contributed by atoms with Crippen LogP contribution in [0.1, 0.15) is 0 Å². The molecule has 2 nitrogen and oxygen atoms in total. The van der Waals surface area contributed by atoms with Gasteiger partial charge < -0.3 is 0 Å². The predicted molar refractivity (Wildman–Crippen MR) is 45.3 cm³/mol. The first-order valence-electron chi connectivity index (χ1n) is 2.31. The van der Waals surface area contributed by atoms with Gasteiger partial charge in [-0.1, -0.05) is 15.5 Å². The zero-order chi connectivity index (χ0) is 8.65. The zero-order valence-corrected chi connectivity index (χ0v) is 8.82. The molecule has 11 heavy (non-hydrogen) atoms. The smallest absolute Gasteiger partial charge is 0.188 e. The summed E-state index contributed by atoms with van der Waals surface area (Å²) < 4.78 is 32.9. The maximum atomic E-state index is 12.3. The van der Waals surface area contributed by atoms with Gasteiger partial charge in [-0.25, -0.2) is 0 Å². The SMILES string of the molecule is O=S(=O)(F)c1sc(Cl)cc1Br. The van der Waals surface area contributed by atoms with Crippen molar-refractivity contribution in [2.45, 2.75) is 4.21 Å². The zero-order valence-electron chi connectivity index (χ0n) is 4.84. The number of hydrogen-bond donors (Lipinski definition) is 0. The molecule has 0 aliphatic heterocycles. The van der Waals surface area contributed by atoms with Gasteiger partial charge in [0, 0.05) is 0 Å². The van der Waals surface area contributed by atoms with Gasteiger partial charge in [-0.05, 0) is 22.0 Å². The third kappa shape index (κ3) is 2.14. The second kappa shape index (κ2) is 3.01. The summed E-state index contributed by atoms with van der Waals surface area (Å²) in [7, 11) is -4.63. The highest BCUT2D eigenvalue weighted by Gasteiger charge is 2.19. The molecular formula is C4HBrClFO2S2. The van der Waals surface area contributed by atoms with Crippen LogP contribution in [0.3, 0.4) is 0 Å². The summed E-state index contributed by atoms with van der Waals surface area (Å²) in [4.78, 5) is 0. The Balaban J connectivity index is 3.36. The minimum atomic E-state index is -4.63. The van der Waals surface area contributed by atoms with Crippen molar-refractivity contribution in [1.29, 1.82) is 0 Å². The normalized spacial score (nSPS) is 11.9. The Hall–Kier alpha value is 0.350. The summed E-state index contributed by atoms with van der Waals surface area (Å²) in [5.41, 5.74) is 0. The fraction of sp³-hybridized carbons (Fsp3) is 0. The summed E-state index contributed by atoms with van der Waals surface area (Å²) in [6.45, 7) is 0. The summed E-state index contributed by atoms with van der Waals surface area (Å²) in [6, 6.07) is 1.33. The van der Waals surface area contributed by atoms with E-state index in [-0.39, 0.29) is 13.0 Å². The van der Waals surface area contributed by atoms with E-state index >= 15 is 0 Å². The third-order valence-corrected chi connectivity index (χ3v) is 4.57. The molecule has 0 saturated carbocycles. The second-order valence-electron chi connectivity index (χ2n) is 1.62. The highest BCUT2D eigenvalue weighted by molar-refractivity contribution is 9.10. The van der Waals surface area contributed by atoms with Crippen LogP contribution in [0.4, 0.5) is 3.89 Å². The molecule has 0 saturated heterocycles. The molecule has 62 valence electrons. The number of thiophene rings is 1. The molecule has 1 rings (SSSR count). The van der Waals surface area contributed by atoms with E-state index in [9.17, 15) is 12.3 Å². The van der Waals surface area contributed by atoms with Gasteiger partial charge in [0.15, 0.2) is 4.21 Å². The van der Waals surface area contributed by atoms with Crippen LogP contribution in [0.15, 0.2) is 14.7 Å². The van der Waals surface area contributed by atoms with E-state index in [1.807, 2.05) is 0 Å². The Bertz CT molecular complexity index is 371. The van der Waals surface area contributed by atoms with Crippen molar-refractivity contribution in [2.75, 3.05) is 0 Å². The molecule has 1 aromatic heterocycles. The average molecular weight is 280 g/mol. The van der Waals surface area contributed by atoms with E-state index in [1.54, 1.807) is 0 Å². The van der Waals surface area contributed by atoms with Gasteiger partial charge in [-0.15, -0.1) is 11.3 Å². The molecule has 0 aliphatic rings. The summed E-state index contributed by atoms with van der Waals surface area (Å²) in [6.07, 6.45) is 0. The quantitative estimate of drug-likeness (QED) is 0.741. The molecule has 7 heteroatoms. The van der Waals surface area contributed by atoms with E-state index in [1.165, 1.54) is 6.07 Å². The Kier molecular flexibility index (Phi) is 2.58. The van der Waals surface area contributed by atoms with Crippen molar-refractivity contribution in [1.82, 2.24) is 0 Å². The monoisotopic (exact) mass is 278 g/mol. The van der Waals surface area contributed by atoms with Crippen LogP contribution in [0, 0.1) is 0 Å². The molecular weight excluding hydrogens is 279 g/mol. The first-order valence-corrected chi connectivity index (χ1v) is 5.68. The molecule has 0 radical (unpaired) electrons. The molecule has 0 amide bonds. The van der Waals surface area contributed by atoms with Crippen LogP contribution in [0.2, 0.25) is 4.34 Å².